The van der Waals surface area contributed by atoms with Gasteiger partial charge in [-0.3, -0.25) is 4.79 Å². The van der Waals surface area contributed by atoms with Crippen molar-refractivity contribution in [2.24, 2.45) is 0 Å². The van der Waals surface area contributed by atoms with Crippen LogP contribution in [0.15, 0.2) is 46.9 Å². The fourth-order valence-electron chi connectivity index (χ4n) is 1.54. The van der Waals surface area contributed by atoms with Crippen molar-refractivity contribution in [1.29, 1.82) is 0 Å². The maximum atomic E-state index is 13.4. The largest absolute Gasteiger partial charge is 0.497 e. The van der Waals surface area contributed by atoms with Crippen molar-refractivity contribution in [2.45, 2.75) is 0 Å². The highest BCUT2D eigenvalue weighted by Gasteiger charge is 2.09. The molecular weight excluding hydrogens is 313 g/mol. The summed E-state index contributed by atoms with van der Waals surface area (Å²) in [5, 5.41) is 2.68. The number of benzene rings is 2. The standard InChI is InChI=1S/C14H11BrFNO2/c1-19-11-4-2-3-10(8-11)17-14(18)9-5-6-12(15)13(16)7-9/h2-8H,1H3,(H,17,18). The maximum Gasteiger partial charge on any atom is 0.255 e. The van der Waals surface area contributed by atoms with Crippen LogP contribution in [0.4, 0.5) is 10.1 Å². The molecule has 5 heteroatoms. The Labute approximate surface area is 118 Å². The van der Waals surface area contributed by atoms with Crippen molar-refractivity contribution in [2.75, 3.05) is 12.4 Å². The van der Waals surface area contributed by atoms with Gasteiger partial charge in [0.15, 0.2) is 0 Å². The third-order valence-electron chi connectivity index (χ3n) is 2.51. The molecule has 0 bridgehead atoms. The van der Waals surface area contributed by atoms with Crippen molar-refractivity contribution < 1.29 is 13.9 Å². The summed E-state index contributed by atoms with van der Waals surface area (Å²) in [6, 6.07) is 11.2. The molecule has 0 fully saturated rings. The number of carbonyl (C=O) groups excluding carboxylic acids is 1. The molecule has 0 saturated heterocycles. The quantitative estimate of drug-likeness (QED) is 0.931. The molecule has 1 amide bonds. The van der Waals surface area contributed by atoms with Gasteiger partial charge >= 0.3 is 0 Å². The van der Waals surface area contributed by atoms with E-state index in [0.717, 1.165) is 0 Å². The second kappa shape index (κ2) is 5.84. The summed E-state index contributed by atoms with van der Waals surface area (Å²) in [4.78, 5) is 11.9. The first kappa shape index (κ1) is 13.5. The van der Waals surface area contributed by atoms with Crippen molar-refractivity contribution in [3.05, 3.63) is 58.3 Å². The predicted octanol–water partition coefficient (Wildman–Crippen LogP) is 3.85. The molecule has 0 unspecified atom stereocenters. The minimum atomic E-state index is -0.474. The van der Waals surface area contributed by atoms with Crippen molar-refractivity contribution in [3.8, 4) is 5.75 Å². The molecule has 2 aromatic carbocycles. The summed E-state index contributed by atoms with van der Waals surface area (Å²) in [5.74, 6) is -0.210. The number of ether oxygens (including phenoxy) is 1. The fourth-order valence-corrected chi connectivity index (χ4v) is 1.79. The van der Waals surface area contributed by atoms with Crippen LogP contribution in [0.5, 0.6) is 5.75 Å². The summed E-state index contributed by atoms with van der Waals surface area (Å²) < 4.78 is 18.7. The van der Waals surface area contributed by atoms with Crippen molar-refractivity contribution in [3.63, 3.8) is 0 Å². The van der Waals surface area contributed by atoms with Crippen LogP contribution in [0.1, 0.15) is 10.4 Å². The van der Waals surface area contributed by atoms with E-state index in [1.54, 1.807) is 37.4 Å². The summed E-state index contributed by atoms with van der Waals surface area (Å²) >= 11 is 3.04. The number of hydrogen-bond donors (Lipinski definition) is 1. The number of rotatable bonds is 3. The van der Waals surface area contributed by atoms with Crippen molar-refractivity contribution in [1.82, 2.24) is 0 Å². The van der Waals surface area contributed by atoms with Gasteiger partial charge in [-0.15, -0.1) is 0 Å². The SMILES string of the molecule is COc1cccc(NC(=O)c2ccc(Br)c(F)c2)c1. The van der Waals surface area contributed by atoms with Crippen LogP contribution in [0.2, 0.25) is 0 Å². The van der Waals surface area contributed by atoms with Crippen LogP contribution in [0.3, 0.4) is 0 Å². The number of nitrogens with one attached hydrogen (secondary N) is 1. The summed E-state index contributed by atoms with van der Waals surface area (Å²) in [6.07, 6.45) is 0. The zero-order valence-electron chi connectivity index (χ0n) is 10.1. The monoisotopic (exact) mass is 323 g/mol. The van der Waals surface area contributed by atoms with Crippen LogP contribution >= 0.6 is 15.9 Å². The van der Waals surface area contributed by atoms with Gasteiger partial charge in [0.05, 0.1) is 11.6 Å². The second-order valence-corrected chi connectivity index (χ2v) is 4.67. The van der Waals surface area contributed by atoms with Gasteiger partial charge in [0.25, 0.3) is 5.91 Å². The number of methoxy groups -OCH3 is 1. The molecule has 2 rings (SSSR count). The molecule has 0 heterocycles. The Morgan fingerprint density at radius 1 is 1.26 bits per heavy atom. The fraction of sp³-hybridized carbons (Fsp3) is 0.0714. The highest BCUT2D eigenvalue weighted by molar-refractivity contribution is 9.10. The van der Waals surface area contributed by atoms with Gasteiger partial charge in [-0.25, -0.2) is 4.39 Å². The Morgan fingerprint density at radius 2 is 2.05 bits per heavy atom. The van der Waals surface area contributed by atoms with Gasteiger partial charge in [-0.1, -0.05) is 6.07 Å². The molecular formula is C14H11BrFNO2. The maximum absolute atomic E-state index is 13.4. The van der Waals surface area contributed by atoms with E-state index < -0.39 is 5.82 Å². The van der Waals surface area contributed by atoms with E-state index in [0.29, 0.717) is 15.9 Å². The first-order valence-corrected chi connectivity index (χ1v) is 6.30. The lowest BCUT2D eigenvalue weighted by atomic mass is 10.2. The van der Waals surface area contributed by atoms with Crippen molar-refractivity contribution >= 4 is 27.5 Å². The summed E-state index contributed by atoms with van der Waals surface area (Å²) in [7, 11) is 1.55. The molecule has 0 atom stereocenters. The average molecular weight is 324 g/mol. The Kier molecular flexibility index (Phi) is 4.16. The number of amides is 1. The molecule has 0 aliphatic carbocycles. The van der Waals surface area contributed by atoms with Crippen LogP contribution in [0.25, 0.3) is 0 Å². The minimum absolute atomic E-state index is 0.253. The molecule has 0 spiro atoms. The van der Waals surface area contributed by atoms with Gasteiger partial charge in [-0.05, 0) is 46.3 Å². The van der Waals surface area contributed by atoms with Crippen LogP contribution in [-0.2, 0) is 0 Å². The number of halogens is 2. The lowest BCUT2D eigenvalue weighted by molar-refractivity contribution is 0.102. The molecule has 0 aliphatic rings. The highest BCUT2D eigenvalue weighted by Crippen LogP contribution is 2.19. The number of carbonyl (C=O) groups is 1. The van der Waals surface area contributed by atoms with Gasteiger partial charge in [0.1, 0.15) is 11.6 Å². The summed E-state index contributed by atoms with van der Waals surface area (Å²) in [6.45, 7) is 0. The van der Waals surface area contributed by atoms with Crippen LogP contribution in [-0.4, -0.2) is 13.0 Å². The summed E-state index contributed by atoms with van der Waals surface area (Å²) in [5.41, 5.74) is 0.844. The highest BCUT2D eigenvalue weighted by atomic mass is 79.9. The molecule has 0 aliphatic heterocycles. The minimum Gasteiger partial charge on any atom is -0.497 e. The van der Waals surface area contributed by atoms with E-state index in [-0.39, 0.29) is 11.5 Å². The molecule has 3 nitrogen and oxygen atoms in total. The normalized spacial score (nSPS) is 10.1. The van der Waals surface area contributed by atoms with Gasteiger partial charge in [0.2, 0.25) is 0 Å². The number of anilines is 1. The first-order valence-electron chi connectivity index (χ1n) is 5.50. The average Bonchev–Trinajstić information content (AvgIpc) is 2.42. The molecule has 0 saturated carbocycles. The second-order valence-electron chi connectivity index (χ2n) is 3.81. The molecule has 98 valence electrons. The van der Waals surface area contributed by atoms with E-state index in [2.05, 4.69) is 21.2 Å². The van der Waals surface area contributed by atoms with E-state index in [1.807, 2.05) is 0 Å². The number of hydrogen-bond acceptors (Lipinski definition) is 2. The Bertz CT molecular complexity index is 616. The Morgan fingerprint density at radius 3 is 2.74 bits per heavy atom. The lowest BCUT2D eigenvalue weighted by Gasteiger charge is -2.07. The van der Waals surface area contributed by atoms with Gasteiger partial charge < -0.3 is 10.1 Å². The molecule has 0 aromatic heterocycles. The lowest BCUT2D eigenvalue weighted by Crippen LogP contribution is -2.12. The zero-order valence-corrected chi connectivity index (χ0v) is 11.7. The Balaban J connectivity index is 2.18. The van der Waals surface area contributed by atoms with E-state index in [4.69, 9.17) is 4.74 Å². The Hall–Kier alpha value is -1.88. The van der Waals surface area contributed by atoms with Crippen LogP contribution in [0, 0.1) is 5.82 Å². The third-order valence-corrected chi connectivity index (χ3v) is 3.15. The zero-order chi connectivity index (χ0) is 13.8. The topological polar surface area (TPSA) is 38.3 Å². The van der Waals surface area contributed by atoms with Gasteiger partial charge in [-0.2, -0.15) is 0 Å². The van der Waals surface area contributed by atoms with E-state index in [1.165, 1.54) is 12.1 Å². The van der Waals surface area contributed by atoms with Gasteiger partial charge in [0, 0.05) is 17.3 Å². The molecule has 1 N–H and O–H groups in total. The van der Waals surface area contributed by atoms with E-state index >= 15 is 0 Å². The van der Waals surface area contributed by atoms with Crippen LogP contribution < -0.4 is 10.1 Å². The smallest absolute Gasteiger partial charge is 0.255 e. The van der Waals surface area contributed by atoms with E-state index in [9.17, 15) is 9.18 Å². The predicted molar refractivity (Wildman–Crippen MR) is 75.0 cm³/mol. The molecule has 0 radical (unpaired) electrons. The molecule has 2 aromatic rings. The first-order chi connectivity index (χ1) is 9.10. The third kappa shape index (κ3) is 3.32. The molecule has 19 heavy (non-hydrogen) atoms.